The van der Waals surface area contributed by atoms with E-state index >= 15 is 0 Å². The Kier molecular flexibility index (Phi) is 7.05. The van der Waals surface area contributed by atoms with Crippen LogP contribution in [0.3, 0.4) is 0 Å². The molecule has 1 aromatic heterocycles. The van der Waals surface area contributed by atoms with Gasteiger partial charge in [0.2, 0.25) is 0 Å². The highest BCUT2D eigenvalue weighted by Gasteiger charge is 2.30. The number of esters is 1. The minimum absolute atomic E-state index is 0.0739. The van der Waals surface area contributed by atoms with Crippen molar-refractivity contribution in [2.24, 2.45) is 5.92 Å². The summed E-state index contributed by atoms with van der Waals surface area (Å²) in [5.41, 5.74) is 0.217. The van der Waals surface area contributed by atoms with Gasteiger partial charge in [-0.3, -0.25) is 9.59 Å². The quantitative estimate of drug-likeness (QED) is 0.646. The summed E-state index contributed by atoms with van der Waals surface area (Å²) in [6.45, 7) is 2.67. The molecule has 146 valence electrons. The molecule has 0 fully saturated rings. The highest BCUT2D eigenvalue weighted by atomic mass is 32.2. The number of thiophene rings is 1. The first-order valence-corrected chi connectivity index (χ1v) is 10.3. The Morgan fingerprint density at radius 2 is 1.96 bits per heavy atom. The minimum Gasteiger partial charge on any atom is -0.454 e. The summed E-state index contributed by atoms with van der Waals surface area (Å²) < 4.78 is 45.0. The molecule has 1 aromatic carbocycles. The maximum absolute atomic E-state index is 13.1. The highest BCUT2D eigenvalue weighted by molar-refractivity contribution is 7.91. The van der Waals surface area contributed by atoms with E-state index in [4.69, 9.17) is 4.74 Å². The Balaban J connectivity index is 1.96. The van der Waals surface area contributed by atoms with Crippen LogP contribution in [0.15, 0.2) is 46.0 Å². The lowest BCUT2D eigenvalue weighted by Gasteiger charge is -2.20. The van der Waals surface area contributed by atoms with Crippen LogP contribution in [0, 0.1) is 11.7 Å². The molecule has 0 unspecified atom stereocenters. The summed E-state index contributed by atoms with van der Waals surface area (Å²) in [7, 11) is -3.87. The van der Waals surface area contributed by atoms with Crippen LogP contribution in [0.4, 0.5) is 10.1 Å². The van der Waals surface area contributed by atoms with Crippen LogP contribution < -0.4 is 10.0 Å². The van der Waals surface area contributed by atoms with Gasteiger partial charge in [-0.1, -0.05) is 26.0 Å². The van der Waals surface area contributed by atoms with Gasteiger partial charge in [0.1, 0.15) is 16.1 Å². The molecule has 10 heteroatoms. The van der Waals surface area contributed by atoms with Gasteiger partial charge in [0.15, 0.2) is 6.61 Å². The Morgan fingerprint density at radius 3 is 2.56 bits per heavy atom. The zero-order valence-corrected chi connectivity index (χ0v) is 16.3. The molecule has 1 amide bonds. The third-order valence-corrected chi connectivity index (χ3v) is 6.26. The van der Waals surface area contributed by atoms with Gasteiger partial charge in [0, 0.05) is 5.69 Å². The van der Waals surface area contributed by atoms with Gasteiger partial charge in [-0.25, -0.2) is 12.8 Å². The Hall–Kier alpha value is -2.30. The first kappa shape index (κ1) is 21.0. The summed E-state index contributed by atoms with van der Waals surface area (Å²) >= 11 is 1.02. The number of halogens is 1. The highest BCUT2D eigenvalue weighted by Crippen LogP contribution is 2.17. The molecule has 0 aliphatic rings. The standard InChI is InChI=1S/C17H19FN2O5S2/c1-11(2)16(20-27(23,24)15-7-4-8-26-15)17(22)25-10-14(21)19-13-6-3-5-12(18)9-13/h3-9,11,16,20H,10H2,1-2H3,(H,19,21)/t16-/m0/s1. The number of benzene rings is 1. The Morgan fingerprint density at radius 1 is 1.22 bits per heavy atom. The topological polar surface area (TPSA) is 102 Å². The Bertz CT molecular complexity index is 898. The molecule has 1 heterocycles. The van der Waals surface area contributed by atoms with Crippen molar-refractivity contribution in [2.45, 2.75) is 24.1 Å². The predicted molar refractivity (Wildman–Crippen MR) is 99.3 cm³/mol. The molecule has 0 aliphatic carbocycles. The van der Waals surface area contributed by atoms with Crippen LogP contribution in [0.25, 0.3) is 0 Å². The SMILES string of the molecule is CC(C)[C@H](NS(=O)(=O)c1cccs1)C(=O)OCC(=O)Nc1cccc(F)c1. The van der Waals surface area contributed by atoms with Crippen LogP contribution in [0.2, 0.25) is 0 Å². The van der Waals surface area contributed by atoms with Crippen molar-refractivity contribution in [3.63, 3.8) is 0 Å². The third-order valence-electron chi connectivity index (χ3n) is 3.42. The lowest BCUT2D eigenvalue weighted by Crippen LogP contribution is -2.45. The molecule has 27 heavy (non-hydrogen) atoms. The predicted octanol–water partition coefficient (Wildman–Crippen LogP) is 2.37. The second-order valence-corrected chi connectivity index (χ2v) is 8.83. The summed E-state index contributed by atoms with van der Waals surface area (Å²) in [6, 6.07) is 7.09. The van der Waals surface area contributed by atoms with Crippen molar-refractivity contribution in [2.75, 3.05) is 11.9 Å². The number of nitrogens with one attached hydrogen (secondary N) is 2. The zero-order chi connectivity index (χ0) is 20.0. The number of rotatable bonds is 8. The number of carbonyl (C=O) groups excluding carboxylic acids is 2. The van der Waals surface area contributed by atoms with Gasteiger partial charge in [-0.15, -0.1) is 11.3 Å². The smallest absolute Gasteiger partial charge is 0.324 e. The van der Waals surface area contributed by atoms with Crippen molar-refractivity contribution in [3.05, 3.63) is 47.6 Å². The normalized spacial score (nSPS) is 12.6. The fourth-order valence-corrected chi connectivity index (χ4v) is 4.43. The van der Waals surface area contributed by atoms with E-state index in [1.165, 1.54) is 24.3 Å². The van der Waals surface area contributed by atoms with E-state index < -0.39 is 46.3 Å². The van der Waals surface area contributed by atoms with Crippen LogP contribution in [0.1, 0.15) is 13.8 Å². The average molecular weight is 414 g/mol. The number of amides is 1. The molecule has 0 saturated carbocycles. The summed E-state index contributed by atoms with van der Waals surface area (Å²) in [5.74, 6) is -2.47. The van der Waals surface area contributed by atoms with Crippen molar-refractivity contribution in [3.8, 4) is 0 Å². The van der Waals surface area contributed by atoms with E-state index in [2.05, 4.69) is 10.0 Å². The first-order chi connectivity index (χ1) is 12.7. The van der Waals surface area contributed by atoms with Gasteiger partial charge in [0.25, 0.3) is 15.9 Å². The van der Waals surface area contributed by atoms with Gasteiger partial charge >= 0.3 is 5.97 Å². The second-order valence-electron chi connectivity index (χ2n) is 5.94. The summed E-state index contributed by atoms with van der Waals surface area (Å²) in [6.07, 6.45) is 0. The van der Waals surface area contributed by atoms with Crippen molar-refractivity contribution in [1.29, 1.82) is 0 Å². The zero-order valence-electron chi connectivity index (χ0n) is 14.6. The monoisotopic (exact) mass is 414 g/mol. The number of sulfonamides is 1. The number of ether oxygens (including phenoxy) is 1. The maximum Gasteiger partial charge on any atom is 0.324 e. The molecular weight excluding hydrogens is 395 g/mol. The third kappa shape index (κ3) is 6.12. The lowest BCUT2D eigenvalue weighted by atomic mass is 10.1. The number of carbonyl (C=O) groups is 2. The van der Waals surface area contributed by atoms with E-state index in [0.29, 0.717) is 0 Å². The van der Waals surface area contributed by atoms with Crippen LogP contribution in [-0.4, -0.2) is 32.9 Å². The molecule has 0 aliphatic heterocycles. The van der Waals surface area contributed by atoms with Crippen molar-refractivity contribution >= 4 is 38.9 Å². The van der Waals surface area contributed by atoms with E-state index in [1.54, 1.807) is 25.3 Å². The van der Waals surface area contributed by atoms with Crippen LogP contribution in [0.5, 0.6) is 0 Å². The lowest BCUT2D eigenvalue weighted by molar-refractivity contribution is -0.150. The second kappa shape index (κ2) is 9.07. The van der Waals surface area contributed by atoms with Gasteiger partial charge in [0.05, 0.1) is 0 Å². The fraction of sp³-hybridized carbons (Fsp3) is 0.294. The van der Waals surface area contributed by atoms with Gasteiger partial charge < -0.3 is 10.1 Å². The van der Waals surface area contributed by atoms with Crippen LogP contribution in [-0.2, 0) is 24.3 Å². The van der Waals surface area contributed by atoms with Crippen molar-refractivity contribution in [1.82, 2.24) is 4.72 Å². The van der Waals surface area contributed by atoms with Crippen molar-refractivity contribution < 1.29 is 27.1 Å². The van der Waals surface area contributed by atoms with Crippen LogP contribution >= 0.6 is 11.3 Å². The summed E-state index contributed by atoms with van der Waals surface area (Å²) in [5, 5.41) is 3.99. The molecular formula is C17H19FN2O5S2. The first-order valence-electron chi connectivity index (χ1n) is 7.97. The van der Waals surface area contributed by atoms with E-state index in [0.717, 1.165) is 17.4 Å². The fourth-order valence-electron chi connectivity index (χ4n) is 2.09. The van der Waals surface area contributed by atoms with E-state index in [-0.39, 0.29) is 9.90 Å². The molecule has 0 bridgehead atoms. The largest absolute Gasteiger partial charge is 0.454 e. The molecule has 1 atom stereocenters. The number of anilines is 1. The van der Waals surface area contributed by atoms with E-state index in [1.807, 2.05) is 0 Å². The number of hydrogen-bond donors (Lipinski definition) is 2. The van der Waals surface area contributed by atoms with E-state index in [9.17, 15) is 22.4 Å². The molecule has 2 aromatic rings. The van der Waals surface area contributed by atoms with Gasteiger partial charge in [-0.2, -0.15) is 4.72 Å². The Labute approximate surface area is 160 Å². The molecule has 2 rings (SSSR count). The molecule has 0 saturated heterocycles. The summed E-state index contributed by atoms with van der Waals surface area (Å²) in [4.78, 5) is 24.1. The molecule has 7 nitrogen and oxygen atoms in total. The minimum atomic E-state index is -3.87. The maximum atomic E-state index is 13.1. The molecule has 0 radical (unpaired) electrons. The molecule has 0 spiro atoms. The van der Waals surface area contributed by atoms with Gasteiger partial charge in [-0.05, 0) is 35.6 Å². The molecule has 2 N–H and O–H groups in total. The average Bonchev–Trinajstić information content (AvgIpc) is 3.13. The number of hydrogen-bond acceptors (Lipinski definition) is 6.